The standard InChI is InChI=1S/C48H36N2S/c49-41(33-15-5-2-6-16-33)30-34(24-23-31-13-3-1-4-14-31)32-25-27-36(28-26-32)50-42-21-11-9-19-38(42)45-46-39-20-10-12-22-43(39)51-48(46)40-29-35-17-7-8-18-37(35)44(40)47(45)50/h1-22,24-28,30,45-46H,23,29,49H2/b34-24+,41-30-. The number of nitrogens with two attached hydrogens (primary N) is 1. The van der Waals surface area contributed by atoms with Crippen LogP contribution in [0.2, 0.25) is 0 Å². The number of hydrogen-bond acceptors (Lipinski definition) is 3. The Morgan fingerprint density at radius 2 is 1.35 bits per heavy atom. The van der Waals surface area contributed by atoms with Crippen molar-refractivity contribution < 1.29 is 0 Å². The summed E-state index contributed by atoms with van der Waals surface area (Å²) >= 11 is 2.00. The van der Waals surface area contributed by atoms with Crippen LogP contribution in [-0.2, 0) is 12.8 Å². The van der Waals surface area contributed by atoms with Crippen LogP contribution in [0.5, 0.6) is 0 Å². The summed E-state index contributed by atoms with van der Waals surface area (Å²) in [6.07, 6.45) is 6.24. The van der Waals surface area contributed by atoms with E-state index in [0.717, 1.165) is 35.2 Å². The molecule has 3 heteroatoms. The molecule has 244 valence electrons. The van der Waals surface area contributed by atoms with Gasteiger partial charge in [0, 0.05) is 50.0 Å². The number of rotatable bonds is 6. The molecule has 10 rings (SSSR count). The lowest BCUT2D eigenvalue weighted by Gasteiger charge is -2.34. The predicted octanol–water partition coefficient (Wildman–Crippen LogP) is 11.7. The van der Waals surface area contributed by atoms with E-state index in [0.29, 0.717) is 5.92 Å². The summed E-state index contributed by atoms with van der Waals surface area (Å²) in [5, 5.41) is 0. The molecule has 2 aliphatic heterocycles. The van der Waals surface area contributed by atoms with Crippen LogP contribution in [0, 0.1) is 0 Å². The zero-order valence-corrected chi connectivity index (χ0v) is 29.0. The van der Waals surface area contributed by atoms with E-state index in [4.69, 9.17) is 5.73 Å². The maximum Gasteiger partial charge on any atom is 0.0498 e. The molecule has 6 aromatic carbocycles. The summed E-state index contributed by atoms with van der Waals surface area (Å²) in [5.74, 6) is 0.560. The van der Waals surface area contributed by atoms with Crippen molar-refractivity contribution in [2.75, 3.05) is 4.90 Å². The highest BCUT2D eigenvalue weighted by atomic mass is 32.2. The maximum absolute atomic E-state index is 6.72. The van der Waals surface area contributed by atoms with E-state index in [9.17, 15) is 0 Å². The number of para-hydroxylation sites is 1. The number of allylic oxidation sites excluding steroid dienone is 7. The lowest BCUT2D eigenvalue weighted by molar-refractivity contribution is 0.695. The van der Waals surface area contributed by atoms with Crippen molar-refractivity contribution in [2.24, 2.45) is 5.73 Å². The second-order valence-corrected chi connectivity index (χ2v) is 14.9. The first-order valence-electron chi connectivity index (χ1n) is 17.8. The van der Waals surface area contributed by atoms with Crippen LogP contribution in [0.15, 0.2) is 191 Å². The maximum atomic E-state index is 6.72. The average molecular weight is 673 g/mol. The van der Waals surface area contributed by atoms with Gasteiger partial charge in [0.2, 0.25) is 0 Å². The second-order valence-electron chi connectivity index (χ2n) is 13.8. The van der Waals surface area contributed by atoms with Crippen LogP contribution in [0.1, 0.15) is 50.8 Å². The molecule has 2 heterocycles. The van der Waals surface area contributed by atoms with Crippen molar-refractivity contribution in [2.45, 2.75) is 29.6 Å². The van der Waals surface area contributed by atoms with Gasteiger partial charge in [0.1, 0.15) is 0 Å². The molecule has 4 aliphatic rings. The Morgan fingerprint density at radius 1 is 0.667 bits per heavy atom. The molecule has 0 radical (unpaired) electrons. The summed E-state index contributed by atoms with van der Waals surface area (Å²) in [5.41, 5.74) is 24.6. The molecule has 2 unspecified atom stereocenters. The van der Waals surface area contributed by atoms with E-state index >= 15 is 0 Å². The molecular formula is C48H36N2S. The van der Waals surface area contributed by atoms with E-state index in [1.54, 1.807) is 4.91 Å². The molecule has 0 amide bonds. The highest BCUT2D eigenvalue weighted by Crippen LogP contribution is 2.68. The SMILES string of the molecule is N/C(=C\C(=C/Cc1ccccc1)c1ccc(N2C3=C4C(=C5Sc6ccccc6C5C3c3ccccc32)Cc2ccccc24)cc1)c1ccccc1. The summed E-state index contributed by atoms with van der Waals surface area (Å²) < 4.78 is 0. The van der Waals surface area contributed by atoms with Crippen LogP contribution >= 0.6 is 11.8 Å². The first-order chi connectivity index (χ1) is 25.2. The molecule has 2 atom stereocenters. The number of benzene rings is 6. The highest BCUT2D eigenvalue weighted by Gasteiger charge is 2.51. The molecule has 0 fully saturated rings. The third-order valence-corrected chi connectivity index (χ3v) is 12.2. The van der Waals surface area contributed by atoms with Crippen LogP contribution < -0.4 is 10.6 Å². The summed E-state index contributed by atoms with van der Waals surface area (Å²) in [6, 6.07) is 57.3. The van der Waals surface area contributed by atoms with Crippen LogP contribution in [0.25, 0.3) is 16.8 Å². The minimum atomic E-state index is 0.242. The Kier molecular flexibility index (Phi) is 7.21. The van der Waals surface area contributed by atoms with Gasteiger partial charge in [0.05, 0.1) is 0 Å². The summed E-state index contributed by atoms with van der Waals surface area (Å²) in [7, 11) is 0. The van der Waals surface area contributed by atoms with Crippen LogP contribution in [-0.4, -0.2) is 0 Å². The normalized spacial score (nSPS) is 18.6. The van der Waals surface area contributed by atoms with Gasteiger partial charge in [-0.05, 0) is 93.3 Å². The molecule has 6 aromatic rings. The van der Waals surface area contributed by atoms with Gasteiger partial charge in [-0.25, -0.2) is 0 Å². The van der Waals surface area contributed by atoms with Gasteiger partial charge in [-0.3, -0.25) is 0 Å². The third kappa shape index (κ3) is 4.95. The number of thioether (sulfide) groups is 1. The molecule has 0 spiro atoms. The molecule has 0 bridgehead atoms. The number of hydrogen-bond donors (Lipinski definition) is 1. The zero-order chi connectivity index (χ0) is 33.9. The molecule has 2 aliphatic carbocycles. The Hall–Kier alpha value is -5.77. The highest BCUT2D eigenvalue weighted by molar-refractivity contribution is 8.03. The molecule has 51 heavy (non-hydrogen) atoms. The average Bonchev–Trinajstić information content (AvgIpc) is 3.87. The lowest BCUT2D eigenvalue weighted by atomic mass is 9.74. The molecule has 0 saturated heterocycles. The van der Waals surface area contributed by atoms with Gasteiger partial charge < -0.3 is 10.6 Å². The van der Waals surface area contributed by atoms with Crippen molar-refractivity contribution in [3.8, 4) is 0 Å². The fourth-order valence-corrected chi connectivity index (χ4v) is 10.0. The zero-order valence-electron chi connectivity index (χ0n) is 28.2. The number of anilines is 2. The quantitative estimate of drug-likeness (QED) is 0.179. The number of nitrogens with zero attached hydrogens (tertiary/aromatic N) is 1. The Morgan fingerprint density at radius 3 is 2.18 bits per heavy atom. The van der Waals surface area contributed by atoms with Crippen molar-refractivity contribution in [3.63, 3.8) is 0 Å². The van der Waals surface area contributed by atoms with E-state index < -0.39 is 0 Å². The van der Waals surface area contributed by atoms with E-state index in [1.807, 2.05) is 30.0 Å². The fourth-order valence-electron chi connectivity index (χ4n) is 8.64. The van der Waals surface area contributed by atoms with Gasteiger partial charge in [0.15, 0.2) is 0 Å². The van der Waals surface area contributed by atoms with Gasteiger partial charge in [-0.1, -0.05) is 151 Å². The molecule has 0 saturated carbocycles. The Balaban J connectivity index is 1.12. The number of fused-ring (bicyclic) bond motifs is 10. The van der Waals surface area contributed by atoms with E-state index in [2.05, 4.69) is 157 Å². The molecular weight excluding hydrogens is 637 g/mol. The Bertz CT molecular complexity index is 2450. The summed E-state index contributed by atoms with van der Waals surface area (Å²) in [4.78, 5) is 5.52. The van der Waals surface area contributed by atoms with E-state index in [-0.39, 0.29) is 5.92 Å². The first-order valence-corrected chi connectivity index (χ1v) is 18.6. The van der Waals surface area contributed by atoms with Crippen LogP contribution in [0.4, 0.5) is 11.4 Å². The predicted molar refractivity (Wildman–Crippen MR) is 214 cm³/mol. The molecule has 0 aromatic heterocycles. The van der Waals surface area contributed by atoms with Gasteiger partial charge >= 0.3 is 0 Å². The van der Waals surface area contributed by atoms with Gasteiger partial charge in [0.25, 0.3) is 0 Å². The molecule has 2 N–H and O–H groups in total. The van der Waals surface area contributed by atoms with Crippen molar-refractivity contribution in [3.05, 3.63) is 225 Å². The topological polar surface area (TPSA) is 29.3 Å². The smallest absolute Gasteiger partial charge is 0.0498 e. The summed E-state index contributed by atoms with van der Waals surface area (Å²) in [6.45, 7) is 0. The van der Waals surface area contributed by atoms with Crippen molar-refractivity contribution in [1.29, 1.82) is 0 Å². The van der Waals surface area contributed by atoms with E-state index in [1.165, 1.54) is 60.9 Å². The van der Waals surface area contributed by atoms with Gasteiger partial charge in [-0.15, -0.1) is 0 Å². The first kappa shape index (κ1) is 30.1. The van der Waals surface area contributed by atoms with Crippen molar-refractivity contribution >= 4 is 40.0 Å². The monoisotopic (exact) mass is 672 g/mol. The Labute approximate surface area is 304 Å². The van der Waals surface area contributed by atoms with Crippen LogP contribution in [0.3, 0.4) is 0 Å². The largest absolute Gasteiger partial charge is 0.398 e. The fraction of sp³-hybridized carbons (Fsp3) is 0.0833. The lowest BCUT2D eigenvalue weighted by Crippen LogP contribution is -2.22. The third-order valence-electron chi connectivity index (χ3n) is 10.9. The molecule has 2 nitrogen and oxygen atoms in total. The van der Waals surface area contributed by atoms with Crippen molar-refractivity contribution in [1.82, 2.24) is 0 Å². The van der Waals surface area contributed by atoms with Gasteiger partial charge in [-0.2, -0.15) is 0 Å². The minimum absolute atomic E-state index is 0.242. The second kappa shape index (κ2) is 12.2. The minimum Gasteiger partial charge on any atom is -0.398 e.